The Morgan fingerprint density at radius 3 is 2.95 bits per heavy atom. The summed E-state index contributed by atoms with van der Waals surface area (Å²) in [4.78, 5) is 14.7. The minimum Gasteiger partial charge on any atom is -0.304 e. The first-order chi connectivity index (χ1) is 9.06. The summed E-state index contributed by atoms with van der Waals surface area (Å²) in [6, 6.07) is 6.80. The molecule has 19 heavy (non-hydrogen) atoms. The lowest BCUT2D eigenvalue weighted by atomic mass is 10.2. The fraction of sp³-hybridized carbons (Fsp3) is 0.308. The minimum absolute atomic E-state index is 0.122. The highest BCUT2D eigenvalue weighted by molar-refractivity contribution is 7.09. The molecule has 1 N–H and O–H groups in total. The van der Waals surface area contributed by atoms with Crippen molar-refractivity contribution in [2.24, 2.45) is 0 Å². The zero-order valence-electron chi connectivity index (χ0n) is 10.8. The summed E-state index contributed by atoms with van der Waals surface area (Å²) in [7, 11) is 0. The second-order valence-corrected chi connectivity index (χ2v) is 5.25. The number of nitro benzene ring substituents is 1. The molecule has 0 amide bonds. The first-order valence-electron chi connectivity index (χ1n) is 5.95. The average Bonchev–Trinajstić information content (AvgIpc) is 2.83. The highest BCUT2D eigenvalue weighted by atomic mass is 32.1. The molecule has 1 aromatic carbocycles. The third-order valence-electron chi connectivity index (χ3n) is 2.74. The summed E-state index contributed by atoms with van der Waals surface area (Å²) in [5.74, 6) is 0. The van der Waals surface area contributed by atoms with E-state index in [4.69, 9.17) is 0 Å². The van der Waals surface area contributed by atoms with Crippen molar-refractivity contribution < 1.29 is 4.92 Å². The van der Waals surface area contributed by atoms with Crippen molar-refractivity contribution in [2.45, 2.75) is 26.4 Å². The molecule has 0 fully saturated rings. The smallest absolute Gasteiger partial charge is 0.269 e. The largest absolute Gasteiger partial charge is 0.304 e. The monoisotopic (exact) mass is 277 g/mol. The molecular formula is C13H15N3O2S. The van der Waals surface area contributed by atoms with Gasteiger partial charge in [0.2, 0.25) is 0 Å². The normalized spacial score (nSPS) is 12.3. The van der Waals surface area contributed by atoms with Crippen LogP contribution in [0.15, 0.2) is 29.6 Å². The Bertz CT molecular complexity index is 583. The standard InChI is InChI=1S/C13H15N3O2S/c1-9-8-19-13(15-9)10(2)14-7-11-4-3-5-12(6-11)16(17)18/h3-6,8,10,14H,7H2,1-2H3. The molecule has 1 unspecified atom stereocenters. The number of thiazole rings is 1. The van der Waals surface area contributed by atoms with Crippen LogP contribution in [0.2, 0.25) is 0 Å². The fourth-order valence-corrected chi connectivity index (χ4v) is 2.54. The molecule has 0 aliphatic carbocycles. The van der Waals surface area contributed by atoms with E-state index in [9.17, 15) is 10.1 Å². The highest BCUT2D eigenvalue weighted by Gasteiger charge is 2.10. The Hall–Kier alpha value is -1.79. The maximum atomic E-state index is 10.7. The summed E-state index contributed by atoms with van der Waals surface area (Å²) < 4.78 is 0. The number of benzene rings is 1. The van der Waals surface area contributed by atoms with Crippen LogP contribution in [-0.4, -0.2) is 9.91 Å². The Morgan fingerprint density at radius 1 is 1.53 bits per heavy atom. The fourth-order valence-electron chi connectivity index (χ4n) is 1.71. The number of hydrogen-bond acceptors (Lipinski definition) is 5. The van der Waals surface area contributed by atoms with Crippen LogP contribution in [-0.2, 0) is 6.54 Å². The Balaban J connectivity index is 1.98. The number of hydrogen-bond donors (Lipinski definition) is 1. The van der Waals surface area contributed by atoms with Crippen LogP contribution >= 0.6 is 11.3 Å². The number of aryl methyl sites for hydroxylation is 1. The van der Waals surface area contributed by atoms with Gasteiger partial charge < -0.3 is 5.32 Å². The van der Waals surface area contributed by atoms with Crippen molar-refractivity contribution in [3.05, 3.63) is 56.0 Å². The van der Waals surface area contributed by atoms with Gasteiger partial charge in [-0.25, -0.2) is 4.98 Å². The highest BCUT2D eigenvalue weighted by Crippen LogP contribution is 2.19. The maximum absolute atomic E-state index is 10.7. The zero-order chi connectivity index (χ0) is 13.8. The number of nitrogens with zero attached hydrogens (tertiary/aromatic N) is 2. The van der Waals surface area contributed by atoms with E-state index in [0.717, 1.165) is 16.3 Å². The molecule has 100 valence electrons. The van der Waals surface area contributed by atoms with Crippen molar-refractivity contribution in [3.8, 4) is 0 Å². The van der Waals surface area contributed by atoms with Crippen LogP contribution in [0, 0.1) is 17.0 Å². The zero-order valence-corrected chi connectivity index (χ0v) is 11.6. The lowest BCUT2D eigenvalue weighted by Gasteiger charge is -2.10. The molecule has 0 aliphatic rings. The molecule has 2 rings (SSSR count). The van der Waals surface area contributed by atoms with Crippen LogP contribution in [0.3, 0.4) is 0 Å². The quantitative estimate of drug-likeness (QED) is 0.673. The maximum Gasteiger partial charge on any atom is 0.269 e. The Labute approximate surface area is 115 Å². The molecule has 0 bridgehead atoms. The van der Waals surface area contributed by atoms with Crippen molar-refractivity contribution in [3.63, 3.8) is 0 Å². The van der Waals surface area contributed by atoms with Gasteiger partial charge in [-0.2, -0.15) is 0 Å². The predicted molar refractivity (Wildman–Crippen MR) is 75.2 cm³/mol. The molecule has 0 radical (unpaired) electrons. The number of nitrogens with one attached hydrogen (secondary N) is 1. The van der Waals surface area contributed by atoms with Crippen LogP contribution in [0.5, 0.6) is 0 Å². The van der Waals surface area contributed by atoms with Gasteiger partial charge in [0.15, 0.2) is 0 Å². The Morgan fingerprint density at radius 2 is 2.32 bits per heavy atom. The summed E-state index contributed by atoms with van der Waals surface area (Å²) in [6.07, 6.45) is 0. The Kier molecular flexibility index (Phi) is 4.24. The molecule has 0 spiro atoms. The molecule has 5 nitrogen and oxygen atoms in total. The van der Waals surface area contributed by atoms with E-state index in [1.165, 1.54) is 6.07 Å². The van der Waals surface area contributed by atoms with Gasteiger partial charge in [-0.15, -0.1) is 11.3 Å². The van der Waals surface area contributed by atoms with Crippen LogP contribution in [0.1, 0.15) is 29.2 Å². The molecule has 0 saturated carbocycles. The third kappa shape index (κ3) is 3.59. The van der Waals surface area contributed by atoms with E-state index in [-0.39, 0.29) is 16.7 Å². The number of aromatic nitrogens is 1. The third-order valence-corrected chi connectivity index (χ3v) is 3.89. The van der Waals surface area contributed by atoms with Gasteiger partial charge in [0.05, 0.1) is 11.0 Å². The molecule has 1 heterocycles. The number of rotatable bonds is 5. The van der Waals surface area contributed by atoms with Crippen molar-refractivity contribution >= 4 is 17.0 Å². The van der Waals surface area contributed by atoms with Crippen LogP contribution in [0.4, 0.5) is 5.69 Å². The van der Waals surface area contributed by atoms with Gasteiger partial charge in [0.25, 0.3) is 5.69 Å². The average molecular weight is 277 g/mol. The van der Waals surface area contributed by atoms with Gasteiger partial charge in [0, 0.05) is 29.8 Å². The molecule has 1 aromatic heterocycles. The van der Waals surface area contributed by atoms with Gasteiger partial charge in [0.1, 0.15) is 5.01 Å². The van der Waals surface area contributed by atoms with E-state index in [1.807, 2.05) is 25.3 Å². The van der Waals surface area contributed by atoms with E-state index in [0.29, 0.717) is 6.54 Å². The summed E-state index contributed by atoms with van der Waals surface area (Å²) >= 11 is 1.62. The second-order valence-electron chi connectivity index (χ2n) is 4.36. The van der Waals surface area contributed by atoms with Crippen LogP contribution < -0.4 is 5.32 Å². The first-order valence-corrected chi connectivity index (χ1v) is 6.83. The molecule has 0 saturated heterocycles. The lowest BCUT2D eigenvalue weighted by Crippen LogP contribution is -2.18. The van der Waals surface area contributed by atoms with Crippen molar-refractivity contribution in [1.29, 1.82) is 0 Å². The molecular weight excluding hydrogens is 262 g/mol. The number of non-ortho nitro benzene ring substituents is 1. The molecule has 1 atom stereocenters. The van der Waals surface area contributed by atoms with E-state index in [1.54, 1.807) is 23.5 Å². The van der Waals surface area contributed by atoms with Crippen molar-refractivity contribution in [1.82, 2.24) is 10.3 Å². The summed E-state index contributed by atoms with van der Waals surface area (Å²) in [5.41, 5.74) is 2.04. The van der Waals surface area contributed by atoms with E-state index >= 15 is 0 Å². The first kappa shape index (κ1) is 13.6. The summed E-state index contributed by atoms with van der Waals surface area (Å²) in [5, 5.41) is 17.1. The number of nitro groups is 1. The molecule has 2 aromatic rings. The molecule has 6 heteroatoms. The predicted octanol–water partition coefficient (Wildman–Crippen LogP) is 3.21. The van der Waals surface area contributed by atoms with Crippen LogP contribution in [0.25, 0.3) is 0 Å². The molecule has 0 aliphatic heterocycles. The van der Waals surface area contributed by atoms with Gasteiger partial charge in [-0.1, -0.05) is 12.1 Å². The van der Waals surface area contributed by atoms with Gasteiger partial charge in [-0.3, -0.25) is 10.1 Å². The van der Waals surface area contributed by atoms with E-state index in [2.05, 4.69) is 10.3 Å². The topological polar surface area (TPSA) is 68.1 Å². The van der Waals surface area contributed by atoms with Crippen molar-refractivity contribution in [2.75, 3.05) is 0 Å². The van der Waals surface area contributed by atoms with E-state index < -0.39 is 0 Å². The lowest BCUT2D eigenvalue weighted by molar-refractivity contribution is -0.384. The second kappa shape index (κ2) is 5.90. The SMILES string of the molecule is Cc1csc(C(C)NCc2cccc([N+](=O)[O-])c2)n1. The minimum atomic E-state index is -0.378. The van der Waals surface area contributed by atoms with Gasteiger partial charge in [-0.05, 0) is 19.4 Å². The van der Waals surface area contributed by atoms with Gasteiger partial charge >= 0.3 is 0 Å². The summed E-state index contributed by atoms with van der Waals surface area (Å²) in [6.45, 7) is 4.59.